The molecule has 0 aliphatic carbocycles. The molecule has 0 saturated carbocycles. The van der Waals surface area contributed by atoms with Crippen LogP contribution in [0, 0.1) is 0 Å². The number of carbonyl (C=O) groups is 1. The minimum absolute atomic E-state index is 0.214. The quantitative estimate of drug-likeness (QED) is 0.694. The number of hydrogen-bond acceptors (Lipinski definition) is 4. The third kappa shape index (κ3) is 3.93. The van der Waals surface area contributed by atoms with E-state index in [-0.39, 0.29) is 11.7 Å². The molecule has 106 valence electrons. The number of nitrogens with zero attached hydrogens (tertiary/aromatic N) is 1. The Morgan fingerprint density at radius 2 is 2.17 bits per heavy atom. The highest BCUT2D eigenvalue weighted by atomic mass is 32.2. The number of amides is 1. The van der Waals surface area contributed by atoms with Crippen LogP contribution in [0.1, 0.15) is 33.1 Å². The number of nitrogens with one attached hydrogen (secondary N) is 1. The third-order valence-electron chi connectivity index (χ3n) is 3.14. The van der Waals surface area contributed by atoms with E-state index in [0.29, 0.717) is 32.5 Å². The fourth-order valence-electron chi connectivity index (χ4n) is 2.07. The molecule has 1 heterocycles. The highest BCUT2D eigenvalue weighted by Crippen LogP contribution is 2.12. The van der Waals surface area contributed by atoms with Crippen LogP contribution in [0.3, 0.4) is 0 Å². The average molecular weight is 277 g/mol. The second-order valence-corrected chi connectivity index (χ2v) is 7.08. The Morgan fingerprint density at radius 1 is 1.50 bits per heavy atom. The van der Waals surface area contributed by atoms with Crippen LogP contribution in [-0.2, 0) is 14.8 Å². The van der Waals surface area contributed by atoms with E-state index in [2.05, 4.69) is 5.32 Å². The lowest BCUT2D eigenvalue weighted by molar-refractivity contribution is -0.126. The summed E-state index contributed by atoms with van der Waals surface area (Å²) in [6, 6.07) is 0. The molecule has 0 aromatic carbocycles. The standard InChI is InChI=1S/C11H23N3O3S/c1-3-5-11(2,12)10(15)13-6-8-14-7-4-9-18(14,16)17/h3-9,12H2,1-2H3,(H,13,15). The van der Waals surface area contributed by atoms with Gasteiger partial charge in [0.05, 0.1) is 11.3 Å². The summed E-state index contributed by atoms with van der Waals surface area (Å²) >= 11 is 0. The van der Waals surface area contributed by atoms with Gasteiger partial charge in [-0.15, -0.1) is 0 Å². The molecule has 1 fully saturated rings. The Labute approximate surface area is 109 Å². The molecule has 1 unspecified atom stereocenters. The van der Waals surface area contributed by atoms with E-state index >= 15 is 0 Å². The number of hydrogen-bond donors (Lipinski definition) is 2. The van der Waals surface area contributed by atoms with Gasteiger partial charge in [-0.2, -0.15) is 0 Å². The molecule has 1 amide bonds. The SMILES string of the molecule is CCCC(C)(N)C(=O)NCCN1CCCS1(=O)=O. The van der Waals surface area contributed by atoms with E-state index in [1.807, 2.05) is 6.92 Å². The molecule has 1 aliphatic rings. The summed E-state index contributed by atoms with van der Waals surface area (Å²) in [5.41, 5.74) is 5.00. The van der Waals surface area contributed by atoms with Crippen LogP contribution >= 0.6 is 0 Å². The van der Waals surface area contributed by atoms with E-state index in [1.54, 1.807) is 6.92 Å². The second-order valence-electron chi connectivity index (χ2n) is 4.99. The number of sulfonamides is 1. The minimum Gasteiger partial charge on any atom is -0.353 e. The smallest absolute Gasteiger partial charge is 0.239 e. The molecule has 0 aromatic rings. The zero-order valence-electron chi connectivity index (χ0n) is 11.1. The Hall–Kier alpha value is -0.660. The second kappa shape index (κ2) is 5.99. The highest BCUT2D eigenvalue weighted by Gasteiger charge is 2.29. The molecule has 0 bridgehead atoms. The summed E-state index contributed by atoms with van der Waals surface area (Å²) in [6.07, 6.45) is 2.11. The van der Waals surface area contributed by atoms with Gasteiger partial charge in [-0.3, -0.25) is 4.79 Å². The summed E-state index contributed by atoms with van der Waals surface area (Å²) in [7, 11) is -3.08. The van der Waals surface area contributed by atoms with E-state index in [4.69, 9.17) is 5.73 Å². The molecule has 0 spiro atoms. The molecular weight excluding hydrogens is 254 g/mol. The molecule has 0 aromatic heterocycles. The lowest BCUT2D eigenvalue weighted by Crippen LogP contribution is -2.52. The van der Waals surface area contributed by atoms with E-state index in [9.17, 15) is 13.2 Å². The number of carbonyl (C=O) groups excluding carboxylic acids is 1. The van der Waals surface area contributed by atoms with Crippen LogP contribution < -0.4 is 11.1 Å². The Morgan fingerprint density at radius 3 is 2.67 bits per heavy atom. The zero-order chi connectivity index (χ0) is 13.8. The minimum atomic E-state index is -3.08. The van der Waals surface area contributed by atoms with Gasteiger partial charge in [0.25, 0.3) is 0 Å². The molecule has 1 rings (SSSR count). The summed E-state index contributed by atoms with van der Waals surface area (Å²) in [5.74, 6) is -0.00767. The van der Waals surface area contributed by atoms with Crippen LogP contribution in [0.2, 0.25) is 0 Å². The third-order valence-corrected chi connectivity index (χ3v) is 5.09. The van der Waals surface area contributed by atoms with Crippen LogP contribution in [0.25, 0.3) is 0 Å². The van der Waals surface area contributed by atoms with Crippen molar-refractivity contribution in [2.45, 2.75) is 38.6 Å². The van der Waals surface area contributed by atoms with Gasteiger partial charge in [0.15, 0.2) is 0 Å². The van der Waals surface area contributed by atoms with Gasteiger partial charge in [-0.25, -0.2) is 12.7 Å². The fourth-order valence-corrected chi connectivity index (χ4v) is 3.60. The topological polar surface area (TPSA) is 92.5 Å². The lowest BCUT2D eigenvalue weighted by Gasteiger charge is -2.23. The first-order valence-corrected chi connectivity index (χ1v) is 7.95. The van der Waals surface area contributed by atoms with Gasteiger partial charge < -0.3 is 11.1 Å². The van der Waals surface area contributed by atoms with Crippen molar-refractivity contribution in [1.82, 2.24) is 9.62 Å². The average Bonchev–Trinajstić information content (AvgIpc) is 2.58. The molecule has 6 nitrogen and oxygen atoms in total. The van der Waals surface area contributed by atoms with Gasteiger partial charge in [0.1, 0.15) is 0 Å². The maximum atomic E-state index is 11.8. The predicted molar refractivity (Wildman–Crippen MR) is 70.5 cm³/mol. The van der Waals surface area contributed by atoms with Gasteiger partial charge in [0.2, 0.25) is 15.9 Å². The lowest BCUT2D eigenvalue weighted by atomic mass is 9.97. The Balaban J connectivity index is 2.36. The molecule has 0 radical (unpaired) electrons. The van der Waals surface area contributed by atoms with Crippen molar-refractivity contribution >= 4 is 15.9 Å². The number of nitrogens with two attached hydrogens (primary N) is 1. The predicted octanol–water partition coefficient (Wildman–Crippen LogP) is -0.344. The largest absolute Gasteiger partial charge is 0.353 e. The monoisotopic (exact) mass is 277 g/mol. The highest BCUT2D eigenvalue weighted by molar-refractivity contribution is 7.89. The van der Waals surface area contributed by atoms with Gasteiger partial charge in [-0.1, -0.05) is 13.3 Å². The Bertz CT molecular complexity index is 392. The zero-order valence-corrected chi connectivity index (χ0v) is 11.9. The normalized spacial score (nSPS) is 22.6. The molecule has 18 heavy (non-hydrogen) atoms. The van der Waals surface area contributed by atoms with Gasteiger partial charge in [-0.05, 0) is 19.8 Å². The molecule has 3 N–H and O–H groups in total. The molecule has 1 atom stereocenters. The van der Waals surface area contributed by atoms with Crippen molar-refractivity contribution in [2.75, 3.05) is 25.4 Å². The fraction of sp³-hybridized carbons (Fsp3) is 0.909. The first kappa shape index (κ1) is 15.4. The maximum absolute atomic E-state index is 11.8. The summed E-state index contributed by atoms with van der Waals surface area (Å²) < 4.78 is 24.5. The summed E-state index contributed by atoms with van der Waals surface area (Å²) in [6.45, 7) is 4.85. The van der Waals surface area contributed by atoms with Crippen molar-refractivity contribution in [1.29, 1.82) is 0 Å². The summed E-state index contributed by atoms with van der Waals surface area (Å²) in [5, 5.41) is 2.70. The number of rotatable bonds is 6. The van der Waals surface area contributed by atoms with E-state index < -0.39 is 15.6 Å². The maximum Gasteiger partial charge on any atom is 0.239 e. The van der Waals surface area contributed by atoms with Crippen molar-refractivity contribution < 1.29 is 13.2 Å². The molecular formula is C11H23N3O3S. The van der Waals surface area contributed by atoms with Gasteiger partial charge >= 0.3 is 0 Å². The van der Waals surface area contributed by atoms with Crippen molar-refractivity contribution in [2.24, 2.45) is 5.73 Å². The van der Waals surface area contributed by atoms with Crippen LogP contribution in [0.5, 0.6) is 0 Å². The molecule has 1 saturated heterocycles. The first-order chi connectivity index (χ1) is 8.29. The van der Waals surface area contributed by atoms with Gasteiger partial charge in [0, 0.05) is 19.6 Å². The van der Waals surface area contributed by atoms with Crippen molar-refractivity contribution in [3.63, 3.8) is 0 Å². The molecule has 1 aliphatic heterocycles. The van der Waals surface area contributed by atoms with Crippen molar-refractivity contribution in [3.05, 3.63) is 0 Å². The molecule has 7 heteroatoms. The van der Waals surface area contributed by atoms with Crippen LogP contribution in [0.15, 0.2) is 0 Å². The van der Waals surface area contributed by atoms with Crippen LogP contribution in [0.4, 0.5) is 0 Å². The van der Waals surface area contributed by atoms with Crippen molar-refractivity contribution in [3.8, 4) is 0 Å². The van der Waals surface area contributed by atoms with Crippen LogP contribution in [-0.4, -0.2) is 49.6 Å². The van der Waals surface area contributed by atoms with E-state index in [1.165, 1.54) is 4.31 Å². The Kier molecular flexibility index (Phi) is 5.12. The van der Waals surface area contributed by atoms with E-state index in [0.717, 1.165) is 6.42 Å². The summed E-state index contributed by atoms with van der Waals surface area (Å²) in [4.78, 5) is 11.8. The first-order valence-electron chi connectivity index (χ1n) is 6.34.